The lowest BCUT2D eigenvalue weighted by molar-refractivity contribution is 0.0522. The minimum atomic E-state index is -3.85. The summed E-state index contributed by atoms with van der Waals surface area (Å²) in [6.45, 7) is 7.02. The highest BCUT2D eigenvalue weighted by molar-refractivity contribution is 7.89. The van der Waals surface area contributed by atoms with Gasteiger partial charge in [-0.15, -0.1) is 6.58 Å². The van der Waals surface area contributed by atoms with Crippen LogP contribution in [-0.4, -0.2) is 37.2 Å². The van der Waals surface area contributed by atoms with Gasteiger partial charge in [-0.1, -0.05) is 6.08 Å². The van der Waals surface area contributed by atoms with Crippen molar-refractivity contribution in [3.63, 3.8) is 0 Å². The standard InChI is InChI=1S/C11H17N3O4S/c1-4-6-8(3)14-19(16,17)10-9(7-12-13-10)11(15)18-5-2/h4,7-8,14H,1,5-6H2,2-3H3,(H,12,13). The largest absolute Gasteiger partial charge is 0.462 e. The second-order valence-electron chi connectivity index (χ2n) is 3.88. The Labute approximate surface area is 112 Å². The first kappa shape index (κ1) is 15.4. The van der Waals surface area contributed by atoms with E-state index in [9.17, 15) is 13.2 Å². The van der Waals surface area contributed by atoms with Gasteiger partial charge >= 0.3 is 5.97 Å². The monoisotopic (exact) mass is 287 g/mol. The third kappa shape index (κ3) is 3.90. The van der Waals surface area contributed by atoms with Crippen molar-refractivity contribution in [2.45, 2.75) is 31.3 Å². The lowest BCUT2D eigenvalue weighted by Gasteiger charge is -2.11. The summed E-state index contributed by atoms with van der Waals surface area (Å²) >= 11 is 0. The maximum Gasteiger partial charge on any atom is 0.342 e. The number of hydrogen-bond acceptors (Lipinski definition) is 5. The molecule has 2 N–H and O–H groups in total. The van der Waals surface area contributed by atoms with E-state index in [1.54, 1.807) is 19.9 Å². The molecular weight excluding hydrogens is 270 g/mol. The van der Waals surface area contributed by atoms with E-state index >= 15 is 0 Å². The predicted octanol–water partition coefficient (Wildman–Crippen LogP) is 0.829. The number of esters is 1. The molecule has 0 aliphatic carbocycles. The van der Waals surface area contributed by atoms with Crippen molar-refractivity contribution >= 4 is 16.0 Å². The van der Waals surface area contributed by atoms with Gasteiger partial charge < -0.3 is 4.74 Å². The molecule has 1 rings (SSSR count). The van der Waals surface area contributed by atoms with E-state index in [1.165, 1.54) is 0 Å². The minimum absolute atomic E-state index is 0.111. The smallest absolute Gasteiger partial charge is 0.342 e. The number of sulfonamides is 1. The molecule has 19 heavy (non-hydrogen) atoms. The number of nitrogens with zero attached hydrogens (tertiary/aromatic N) is 1. The molecule has 106 valence electrons. The third-order valence-corrected chi connectivity index (χ3v) is 3.81. The molecule has 0 aliphatic heterocycles. The van der Waals surface area contributed by atoms with Crippen LogP contribution >= 0.6 is 0 Å². The Morgan fingerprint density at radius 3 is 2.95 bits per heavy atom. The molecule has 1 aromatic heterocycles. The molecule has 8 heteroatoms. The summed E-state index contributed by atoms with van der Waals surface area (Å²) in [6, 6.07) is -0.333. The summed E-state index contributed by atoms with van der Waals surface area (Å²) in [5.41, 5.74) is -0.111. The van der Waals surface area contributed by atoms with Crippen molar-refractivity contribution in [3.05, 3.63) is 24.4 Å². The molecule has 1 heterocycles. The fraction of sp³-hybridized carbons (Fsp3) is 0.455. The predicted molar refractivity (Wildman–Crippen MR) is 69.1 cm³/mol. The zero-order valence-electron chi connectivity index (χ0n) is 10.8. The SMILES string of the molecule is C=CCC(C)NS(=O)(=O)c1[nH]ncc1C(=O)OCC. The second-order valence-corrected chi connectivity index (χ2v) is 5.53. The van der Waals surface area contributed by atoms with E-state index in [-0.39, 0.29) is 23.2 Å². The summed E-state index contributed by atoms with van der Waals surface area (Å²) in [4.78, 5) is 11.6. The maximum absolute atomic E-state index is 12.1. The van der Waals surface area contributed by atoms with Crippen molar-refractivity contribution in [3.8, 4) is 0 Å². The quantitative estimate of drug-likeness (QED) is 0.571. The third-order valence-electron chi connectivity index (χ3n) is 2.24. The Balaban J connectivity index is 2.99. The lowest BCUT2D eigenvalue weighted by Crippen LogP contribution is -2.33. The molecule has 0 aromatic carbocycles. The van der Waals surface area contributed by atoms with Crippen LogP contribution in [0.1, 0.15) is 30.6 Å². The number of aromatic nitrogens is 2. The van der Waals surface area contributed by atoms with E-state index in [0.29, 0.717) is 6.42 Å². The van der Waals surface area contributed by atoms with Crippen molar-refractivity contribution in [1.29, 1.82) is 0 Å². The van der Waals surface area contributed by atoms with Crippen LogP contribution in [0.25, 0.3) is 0 Å². The first-order valence-electron chi connectivity index (χ1n) is 5.76. The lowest BCUT2D eigenvalue weighted by atomic mass is 10.3. The van der Waals surface area contributed by atoms with Gasteiger partial charge in [-0.3, -0.25) is 5.10 Å². The first-order chi connectivity index (χ1) is 8.92. The molecule has 1 atom stereocenters. The number of aromatic amines is 1. The number of carbonyl (C=O) groups is 1. The molecule has 0 spiro atoms. The van der Waals surface area contributed by atoms with Gasteiger partial charge in [0, 0.05) is 6.04 Å². The molecule has 0 bridgehead atoms. The second kappa shape index (κ2) is 6.48. The van der Waals surface area contributed by atoms with Crippen LogP contribution in [0.3, 0.4) is 0 Å². The van der Waals surface area contributed by atoms with Crippen molar-refractivity contribution < 1.29 is 17.9 Å². The van der Waals surface area contributed by atoms with Crippen molar-refractivity contribution in [1.82, 2.24) is 14.9 Å². The van der Waals surface area contributed by atoms with Crippen molar-refractivity contribution in [2.24, 2.45) is 0 Å². The van der Waals surface area contributed by atoms with E-state index in [4.69, 9.17) is 4.74 Å². The number of ether oxygens (including phenoxy) is 1. The molecule has 7 nitrogen and oxygen atoms in total. The summed E-state index contributed by atoms with van der Waals surface area (Å²) < 4.78 is 31.4. The molecule has 0 fully saturated rings. The minimum Gasteiger partial charge on any atom is -0.462 e. The Kier molecular flexibility index (Phi) is 5.25. The number of H-pyrrole nitrogens is 1. The van der Waals surface area contributed by atoms with Gasteiger partial charge in [0.05, 0.1) is 12.8 Å². The van der Waals surface area contributed by atoms with E-state index in [1.807, 2.05) is 0 Å². The van der Waals surface area contributed by atoms with Crippen molar-refractivity contribution in [2.75, 3.05) is 6.61 Å². The van der Waals surface area contributed by atoms with E-state index in [0.717, 1.165) is 6.20 Å². The Morgan fingerprint density at radius 2 is 2.37 bits per heavy atom. The molecule has 1 aromatic rings. The molecule has 0 saturated carbocycles. The maximum atomic E-state index is 12.1. The van der Waals surface area contributed by atoms with Gasteiger partial charge in [0.15, 0.2) is 5.03 Å². The highest BCUT2D eigenvalue weighted by Gasteiger charge is 2.26. The van der Waals surface area contributed by atoms with Gasteiger partial charge in [0.2, 0.25) is 0 Å². The molecule has 0 aliphatic rings. The molecule has 0 radical (unpaired) electrons. The summed E-state index contributed by atoms with van der Waals surface area (Å²) in [6.07, 6.45) is 3.21. The van der Waals surface area contributed by atoms with E-state index < -0.39 is 16.0 Å². The van der Waals surface area contributed by atoms with Crippen LogP contribution in [0.15, 0.2) is 23.9 Å². The highest BCUT2D eigenvalue weighted by Crippen LogP contribution is 2.14. The number of rotatable bonds is 7. The average molecular weight is 287 g/mol. The van der Waals surface area contributed by atoms with Gasteiger partial charge in [0.1, 0.15) is 5.56 Å². The van der Waals surface area contributed by atoms with Crippen LogP contribution < -0.4 is 4.72 Å². The number of carbonyl (C=O) groups excluding carboxylic acids is 1. The van der Waals surface area contributed by atoms with Gasteiger partial charge in [0.25, 0.3) is 10.0 Å². The zero-order chi connectivity index (χ0) is 14.5. The van der Waals surface area contributed by atoms with E-state index in [2.05, 4.69) is 21.5 Å². The fourth-order valence-corrected chi connectivity index (χ4v) is 2.80. The van der Waals surface area contributed by atoms with Crippen LogP contribution in [0.5, 0.6) is 0 Å². The molecule has 0 amide bonds. The van der Waals surface area contributed by atoms with Crippen LogP contribution in [-0.2, 0) is 14.8 Å². The summed E-state index contributed by atoms with van der Waals surface area (Å²) in [5, 5.41) is 5.60. The van der Waals surface area contributed by atoms with Gasteiger partial charge in [-0.2, -0.15) is 5.10 Å². The average Bonchev–Trinajstić information content (AvgIpc) is 2.78. The Morgan fingerprint density at radius 1 is 1.68 bits per heavy atom. The highest BCUT2D eigenvalue weighted by atomic mass is 32.2. The summed E-state index contributed by atoms with van der Waals surface area (Å²) in [7, 11) is -3.85. The zero-order valence-corrected chi connectivity index (χ0v) is 11.7. The first-order valence-corrected chi connectivity index (χ1v) is 7.24. The van der Waals surface area contributed by atoms with Crippen LogP contribution in [0.4, 0.5) is 0 Å². The number of hydrogen-bond donors (Lipinski definition) is 2. The Hall–Kier alpha value is -1.67. The fourth-order valence-electron chi connectivity index (χ4n) is 1.46. The molecule has 0 saturated heterocycles. The molecule has 1 unspecified atom stereocenters. The molecular formula is C11H17N3O4S. The van der Waals surface area contributed by atoms with Crippen LogP contribution in [0.2, 0.25) is 0 Å². The topological polar surface area (TPSA) is 101 Å². The summed E-state index contributed by atoms with van der Waals surface area (Å²) in [5.74, 6) is -0.729. The van der Waals surface area contributed by atoms with Gasteiger partial charge in [-0.25, -0.2) is 17.9 Å². The number of nitrogens with one attached hydrogen (secondary N) is 2. The van der Waals surface area contributed by atoms with Crippen LogP contribution in [0, 0.1) is 0 Å². The Bertz CT molecular complexity index is 550. The van der Waals surface area contributed by atoms with Gasteiger partial charge in [-0.05, 0) is 20.3 Å². The normalized spacial score (nSPS) is 12.9.